The Hall–Kier alpha value is -1.34. The first-order valence-corrected chi connectivity index (χ1v) is 6.12. The van der Waals surface area contributed by atoms with E-state index in [0.717, 1.165) is 19.5 Å². The van der Waals surface area contributed by atoms with Gasteiger partial charge >= 0.3 is 12.0 Å². The van der Waals surface area contributed by atoms with Crippen molar-refractivity contribution in [1.29, 1.82) is 0 Å². The summed E-state index contributed by atoms with van der Waals surface area (Å²) in [6, 6.07) is -1.39. The maximum atomic E-state index is 11.9. The number of hydrogen-bond donors (Lipinski definition) is 3. The van der Waals surface area contributed by atoms with E-state index in [2.05, 4.69) is 10.2 Å². The van der Waals surface area contributed by atoms with E-state index in [-0.39, 0.29) is 19.1 Å². The Balaban J connectivity index is 2.49. The van der Waals surface area contributed by atoms with Crippen molar-refractivity contribution in [3.8, 4) is 0 Å². The first kappa shape index (κ1) is 14.7. The van der Waals surface area contributed by atoms with Crippen molar-refractivity contribution in [2.24, 2.45) is 0 Å². The molecular weight excluding hydrogens is 238 g/mol. The minimum atomic E-state index is -1.12. The molecule has 7 heteroatoms. The lowest BCUT2D eigenvalue weighted by molar-refractivity contribution is -0.139. The molecule has 18 heavy (non-hydrogen) atoms. The number of carbonyl (C=O) groups is 2. The first-order valence-electron chi connectivity index (χ1n) is 6.12. The molecule has 1 rings (SSSR count). The zero-order valence-electron chi connectivity index (χ0n) is 10.6. The van der Waals surface area contributed by atoms with E-state index in [1.54, 1.807) is 4.90 Å². The zero-order valence-corrected chi connectivity index (χ0v) is 10.6. The van der Waals surface area contributed by atoms with Crippen LogP contribution < -0.4 is 5.32 Å². The average molecular weight is 259 g/mol. The summed E-state index contributed by atoms with van der Waals surface area (Å²) in [5.41, 5.74) is 0. The van der Waals surface area contributed by atoms with Crippen LogP contribution in [-0.2, 0) is 4.79 Å². The summed E-state index contributed by atoms with van der Waals surface area (Å²) >= 11 is 0. The number of nitrogens with one attached hydrogen (secondary N) is 1. The van der Waals surface area contributed by atoms with Crippen molar-refractivity contribution in [3.05, 3.63) is 0 Å². The normalized spacial score (nSPS) is 19.1. The maximum absolute atomic E-state index is 11.9. The van der Waals surface area contributed by atoms with Gasteiger partial charge in [-0.3, -0.25) is 0 Å². The highest BCUT2D eigenvalue weighted by molar-refractivity contribution is 5.82. The highest BCUT2D eigenvalue weighted by Gasteiger charge is 2.23. The smallest absolute Gasteiger partial charge is 0.326 e. The number of aliphatic hydroxyl groups is 1. The van der Waals surface area contributed by atoms with E-state index in [9.17, 15) is 9.59 Å². The molecule has 0 aromatic carbocycles. The minimum absolute atomic E-state index is 0.0226. The van der Waals surface area contributed by atoms with Gasteiger partial charge in [-0.2, -0.15) is 0 Å². The molecule has 0 radical (unpaired) electrons. The Morgan fingerprint density at radius 2 is 2.00 bits per heavy atom. The van der Waals surface area contributed by atoms with Crippen LogP contribution in [0, 0.1) is 0 Å². The fourth-order valence-corrected chi connectivity index (χ4v) is 1.88. The molecule has 1 atom stereocenters. The van der Waals surface area contributed by atoms with Gasteiger partial charge in [-0.25, -0.2) is 9.59 Å². The number of likely N-dealkylation sites (N-methyl/N-ethyl adjacent to an activating group) is 1. The Labute approximate surface area is 106 Å². The number of carboxylic acids is 1. The van der Waals surface area contributed by atoms with Crippen LogP contribution in [0.4, 0.5) is 4.79 Å². The third-order valence-corrected chi connectivity index (χ3v) is 3.02. The van der Waals surface area contributed by atoms with Crippen molar-refractivity contribution in [3.63, 3.8) is 0 Å². The summed E-state index contributed by atoms with van der Waals surface area (Å²) in [4.78, 5) is 26.5. The fourth-order valence-electron chi connectivity index (χ4n) is 1.88. The number of carbonyl (C=O) groups excluding carboxylic acids is 1. The molecule has 1 aliphatic heterocycles. The van der Waals surface area contributed by atoms with Gasteiger partial charge in [-0.1, -0.05) is 0 Å². The monoisotopic (exact) mass is 259 g/mol. The van der Waals surface area contributed by atoms with Gasteiger partial charge < -0.3 is 25.3 Å². The molecule has 0 aromatic heterocycles. The van der Waals surface area contributed by atoms with E-state index in [1.165, 1.54) is 0 Å². The van der Waals surface area contributed by atoms with Gasteiger partial charge in [-0.05, 0) is 20.0 Å². The molecule has 2 amide bonds. The second-order valence-corrected chi connectivity index (χ2v) is 4.50. The number of aliphatic hydroxyl groups excluding tert-OH is 1. The quantitative estimate of drug-likeness (QED) is 0.612. The highest BCUT2D eigenvalue weighted by atomic mass is 16.4. The molecule has 1 unspecified atom stereocenters. The summed E-state index contributed by atoms with van der Waals surface area (Å²) in [5, 5.41) is 20.1. The van der Waals surface area contributed by atoms with E-state index < -0.39 is 12.0 Å². The molecule has 0 saturated carbocycles. The second-order valence-electron chi connectivity index (χ2n) is 4.50. The highest BCUT2D eigenvalue weighted by Crippen LogP contribution is 2.02. The molecule has 3 N–H and O–H groups in total. The Kier molecular flexibility index (Phi) is 5.87. The average Bonchev–Trinajstić information content (AvgIpc) is 2.53. The van der Waals surface area contributed by atoms with Gasteiger partial charge in [-0.15, -0.1) is 0 Å². The predicted octanol–water partition coefficient (Wildman–Crippen LogP) is -0.831. The molecule has 1 fully saturated rings. The van der Waals surface area contributed by atoms with Crippen molar-refractivity contribution in [2.75, 3.05) is 39.8 Å². The zero-order chi connectivity index (χ0) is 13.5. The number of amides is 2. The van der Waals surface area contributed by atoms with Crippen LogP contribution in [0.25, 0.3) is 0 Å². The van der Waals surface area contributed by atoms with E-state index >= 15 is 0 Å². The van der Waals surface area contributed by atoms with Gasteiger partial charge in [0, 0.05) is 32.7 Å². The number of urea groups is 1. The largest absolute Gasteiger partial charge is 0.480 e. The minimum Gasteiger partial charge on any atom is -0.480 e. The summed E-state index contributed by atoms with van der Waals surface area (Å²) < 4.78 is 0. The van der Waals surface area contributed by atoms with Crippen molar-refractivity contribution in [1.82, 2.24) is 15.1 Å². The molecule has 0 bridgehead atoms. The third-order valence-electron chi connectivity index (χ3n) is 3.02. The molecule has 0 aliphatic carbocycles. The Morgan fingerprint density at radius 1 is 1.28 bits per heavy atom. The SMILES string of the molecule is CN1CCCN(C(=O)NC(CCO)C(=O)O)CC1. The van der Waals surface area contributed by atoms with Crippen LogP contribution in [0.3, 0.4) is 0 Å². The second kappa shape index (κ2) is 7.17. The van der Waals surface area contributed by atoms with Gasteiger partial charge in [0.2, 0.25) is 0 Å². The molecule has 1 heterocycles. The number of carboxylic acid groups (broad SMARTS) is 1. The van der Waals surface area contributed by atoms with E-state index in [0.29, 0.717) is 13.1 Å². The number of hydrogen-bond acceptors (Lipinski definition) is 4. The van der Waals surface area contributed by atoms with E-state index in [4.69, 9.17) is 10.2 Å². The van der Waals surface area contributed by atoms with Crippen LogP contribution in [0.2, 0.25) is 0 Å². The lowest BCUT2D eigenvalue weighted by atomic mass is 10.2. The lowest BCUT2D eigenvalue weighted by Gasteiger charge is -2.23. The van der Waals surface area contributed by atoms with Gasteiger partial charge in [0.25, 0.3) is 0 Å². The molecule has 1 aliphatic rings. The topological polar surface area (TPSA) is 93.1 Å². The number of nitrogens with zero attached hydrogens (tertiary/aromatic N) is 2. The maximum Gasteiger partial charge on any atom is 0.326 e. The molecule has 104 valence electrons. The van der Waals surface area contributed by atoms with Crippen LogP contribution >= 0.6 is 0 Å². The third kappa shape index (κ3) is 4.50. The lowest BCUT2D eigenvalue weighted by Crippen LogP contribution is -2.49. The molecule has 0 aromatic rings. The fraction of sp³-hybridized carbons (Fsp3) is 0.818. The van der Waals surface area contributed by atoms with Crippen LogP contribution in [0.1, 0.15) is 12.8 Å². The van der Waals surface area contributed by atoms with Crippen molar-refractivity contribution >= 4 is 12.0 Å². The van der Waals surface area contributed by atoms with Crippen molar-refractivity contribution in [2.45, 2.75) is 18.9 Å². The predicted molar refractivity (Wildman–Crippen MR) is 65.3 cm³/mol. The molecule has 0 spiro atoms. The summed E-state index contributed by atoms with van der Waals surface area (Å²) in [7, 11) is 1.99. The molecule has 7 nitrogen and oxygen atoms in total. The number of aliphatic carboxylic acids is 1. The molecule has 1 saturated heterocycles. The number of rotatable bonds is 4. The van der Waals surface area contributed by atoms with E-state index in [1.807, 2.05) is 7.05 Å². The summed E-state index contributed by atoms with van der Waals surface area (Å²) in [6.45, 7) is 2.67. The Bertz CT molecular complexity index is 298. The summed E-state index contributed by atoms with van der Waals surface area (Å²) in [6.07, 6.45) is 0.899. The van der Waals surface area contributed by atoms with Crippen LogP contribution in [-0.4, -0.2) is 77.9 Å². The van der Waals surface area contributed by atoms with Crippen molar-refractivity contribution < 1.29 is 19.8 Å². The summed E-state index contributed by atoms with van der Waals surface area (Å²) in [5.74, 6) is -1.12. The van der Waals surface area contributed by atoms with Gasteiger partial charge in [0.15, 0.2) is 0 Å². The Morgan fingerprint density at radius 3 is 2.61 bits per heavy atom. The van der Waals surface area contributed by atoms with Gasteiger partial charge in [0.05, 0.1) is 0 Å². The van der Waals surface area contributed by atoms with Crippen LogP contribution in [0.15, 0.2) is 0 Å². The standard InChI is InChI=1S/C11H21N3O4/c1-13-4-2-5-14(7-6-13)11(18)12-9(3-8-15)10(16)17/h9,15H,2-8H2,1H3,(H,12,18)(H,16,17). The first-order chi connectivity index (χ1) is 8.54. The van der Waals surface area contributed by atoms with Crippen LogP contribution in [0.5, 0.6) is 0 Å². The van der Waals surface area contributed by atoms with Gasteiger partial charge in [0.1, 0.15) is 6.04 Å². The molecular formula is C11H21N3O4.